The van der Waals surface area contributed by atoms with Crippen LogP contribution in [-0.4, -0.2) is 54.3 Å². The fourth-order valence-corrected chi connectivity index (χ4v) is 3.79. The van der Waals surface area contributed by atoms with Gasteiger partial charge in [-0.15, -0.1) is 0 Å². The molecule has 0 bridgehead atoms. The molecule has 0 saturated carbocycles. The molecular formula is C23H24N2O6. The maximum absolute atomic E-state index is 13.1. The van der Waals surface area contributed by atoms with Gasteiger partial charge in [-0.25, -0.2) is 0 Å². The van der Waals surface area contributed by atoms with Crippen molar-refractivity contribution in [1.82, 2.24) is 9.88 Å². The Balaban J connectivity index is 1.78. The molecule has 3 heterocycles. The molecule has 31 heavy (non-hydrogen) atoms. The molecule has 1 N–H and O–H groups in total. The lowest BCUT2D eigenvalue weighted by Crippen LogP contribution is -2.41. The summed E-state index contributed by atoms with van der Waals surface area (Å²) in [4.78, 5) is 31.5. The minimum Gasteiger partial charge on any atom is -0.502 e. The van der Waals surface area contributed by atoms with Crippen molar-refractivity contribution in [3.8, 4) is 5.75 Å². The fourth-order valence-electron chi connectivity index (χ4n) is 3.79. The lowest BCUT2D eigenvalue weighted by atomic mass is 9.90. The largest absolute Gasteiger partial charge is 0.502 e. The average Bonchev–Trinajstić information content (AvgIpc) is 2.80. The van der Waals surface area contributed by atoms with Gasteiger partial charge in [0.05, 0.1) is 24.6 Å². The predicted molar refractivity (Wildman–Crippen MR) is 113 cm³/mol. The molecule has 0 unspecified atom stereocenters. The number of aromatic nitrogens is 1. The van der Waals surface area contributed by atoms with Crippen LogP contribution in [0.1, 0.15) is 29.4 Å². The van der Waals surface area contributed by atoms with E-state index in [2.05, 4.69) is 4.98 Å². The standard InChI is InChI=1S/C23H24N2O6/c1-29-14-17-12-20(26)22(28)23(31-17)18(13-21(27)25-7-9-30-10-8-25)15-4-5-19-16(11-15)3-2-6-24-19/h2-6,11-12,18,28H,7-10,13-14H2,1H3/t18-/m0/s1. The van der Waals surface area contributed by atoms with Gasteiger partial charge < -0.3 is 23.9 Å². The molecule has 0 spiro atoms. The van der Waals surface area contributed by atoms with Crippen molar-refractivity contribution in [2.24, 2.45) is 0 Å². The summed E-state index contributed by atoms with van der Waals surface area (Å²) in [6.07, 6.45) is 1.75. The second-order valence-corrected chi connectivity index (χ2v) is 7.43. The van der Waals surface area contributed by atoms with Crippen LogP contribution in [-0.2, 0) is 20.9 Å². The highest BCUT2D eigenvalue weighted by atomic mass is 16.5. The molecule has 3 aromatic rings. The zero-order chi connectivity index (χ0) is 21.8. The van der Waals surface area contributed by atoms with E-state index in [1.54, 1.807) is 11.1 Å². The summed E-state index contributed by atoms with van der Waals surface area (Å²) in [5, 5.41) is 11.4. The number of morpholine rings is 1. The highest BCUT2D eigenvalue weighted by molar-refractivity contribution is 5.81. The first kappa shape index (κ1) is 21.0. The highest BCUT2D eigenvalue weighted by Crippen LogP contribution is 2.35. The number of methoxy groups -OCH3 is 1. The highest BCUT2D eigenvalue weighted by Gasteiger charge is 2.29. The quantitative estimate of drug-likeness (QED) is 0.648. The van der Waals surface area contributed by atoms with Gasteiger partial charge in [0.2, 0.25) is 17.1 Å². The van der Waals surface area contributed by atoms with Crippen LogP contribution in [0.5, 0.6) is 5.75 Å². The molecule has 1 saturated heterocycles. The molecule has 1 amide bonds. The van der Waals surface area contributed by atoms with Gasteiger partial charge in [0, 0.05) is 44.3 Å². The smallest absolute Gasteiger partial charge is 0.227 e. The van der Waals surface area contributed by atoms with Gasteiger partial charge in [-0.05, 0) is 23.8 Å². The molecule has 4 rings (SSSR count). The Kier molecular flexibility index (Phi) is 6.29. The number of hydrogen-bond acceptors (Lipinski definition) is 7. The van der Waals surface area contributed by atoms with Crippen LogP contribution >= 0.6 is 0 Å². The van der Waals surface area contributed by atoms with Gasteiger partial charge in [-0.1, -0.05) is 12.1 Å². The number of fused-ring (bicyclic) bond motifs is 1. The van der Waals surface area contributed by atoms with Crippen molar-refractivity contribution in [1.29, 1.82) is 0 Å². The molecule has 162 valence electrons. The van der Waals surface area contributed by atoms with E-state index in [0.29, 0.717) is 26.3 Å². The summed E-state index contributed by atoms with van der Waals surface area (Å²) in [5.74, 6) is -0.898. The average molecular weight is 424 g/mol. The molecule has 1 aliphatic rings. The van der Waals surface area contributed by atoms with Crippen LogP contribution in [0, 0.1) is 0 Å². The zero-order valence-electron chi connectivity index (χ0n) is 17.2. The van der Waals surface area contributed by atoms with E-state index in [0.717, 1.165) is 16.5 Å². The fraction of sp³-hybridized carbons (Fsp3) is 0.348. The molecular weight excluding hydrogens is 400 g/mol. The van der Waals surface area contributed by atoms with Crippen LogP contribution in [0.4, 0.5) is 0 Å². The monoisotopic (exact) mass is 424 g/mol. The Labute approximate surface area is 179 Å². The Bertz CT molecular complexity index is 1140. The number of amides is 1. The maximum Gasteiger partial charge on any atom is 0.227 e. The van der Waals surface area contributed by atoms with E-state index in [9.17, 15) is 14.7 Å². The van der Waals surface area contributed by atoms with Gasteiger partial charge in [-0.3, -0.25) is 14.6 Å². The number of rotatable bonds is 6. The second-order valence-electron chi connectivity index (χ2n) is 7.43. The van der Waals surface area contributed by atoms with Crippen LogP contribution < -0.4 is 5.43 Å². The van der Waals surface area contributed by atoms with Crippen molar-refractivity contribution < 1.29 is 23.8 Å². The van der Waals surface area contributed by atoms with E-state index in [1.165, 1.54) is 13.2 Å². The molecule has 8 heteroatoms. The van der Waals surface area contributed by atoms with E-state index < -0.39 is 17.1 Å². The van der Waals surface area contributed by atoms with Crippen LogP contribution in [0.25, 0.3) is 10.9 Å². The first-order valence-electron chi connectivity index (χ1n) is 10.1. The van der Waals surface area contributed by atoms with Crippen LogP contribution in [0.15, 0.2) is 51.8 Å². The summed E-state index contributed by atoms with van der Waals surface area (Å²) in [6.45, 7) is 2.07. The number of benzene rings is 1. The molecule has 8 nitrogen and oxygen atoms in total. The number of hydrogen-bond donors (Lipinski definition) is 1. The molecule has 1 aliphatic heterocycles. The van der Waals surface area contributed by atoms with Crippen molar-refractivity contribution >= 4 is 16.8 Å². The van der Waals surface area contributed by atoms with Gasteiger partial charge in [0.1, 0.15) is 12.4 Å². The Morgan fingerprint density at radius 2 is 2.06 bits per heavy atom. The molecule has 0 aliphatic carbocycles. The lowest BCUT2D eigenvalue weighted by molar-refractivity contribution is -0.135. The topological polar surface area (TPSA) is 102 Å². The van der Waals surface area contributed by atoms with E-state index in [4.69, 9.17) is 13.9 Å². The van der Waals surface area contributed by atoms with Gasteiger partial charge in [0.15, 0.2) is 5.76 Å². The Morgan fingerprint density at radius 3 is 2.84 bits per heavy atom. The van der Waals surface area contributed by atoms with Gasteiger partial charge >= 0.3 is 0 Å². The van der Waals surface area contributed by atoms with E-state index in [-0.39, 0.29) is 30.5 Å². The van der Waals surface area contributed by atoms with Gasteiger partial charge in [-0.2, -0.15) is 0 Å². The predicted octanol–water partition coefficient (Wildman–Crippen LogP) is 2.42. The van der Waals surface area contributed by atoms with E-state index in [1.807, 2.05) is 30.3 Å². The number of nitrogens with zero attached hydrogens (tertiary/aromatic N) is 2. The minimum absolute atomic E-state index is 0.0404. The second kappa shape index (κ2) is 9.28. The summed E-state index contributed by atoms with van der Waals surface area (Å²) in [7, 11) is 1.49. The Morgan fingerprint density at radius 1 is 1.26 bits per heavy atom. The number of aromatic hydroxyl groups is 1. The van der Waals surface area contributed by atoms with Crippen molar-refractivity contribution in [2.75, 3.05) is 33.4 Å². The van der Waals surface area contributed by atoms with Crippen LogP contribution in [0.3, 0.4) is 0 Å². The first-order valence-corrected chi connectivity index (χ1v) is 10.1. The molecule has 2 aromatic heterocycles. The molecule has 1 fully saturated rings. The van der Waals surface area contributed by atoms with Gasteiger partial charge in [0.25, 0.3) is 0 Å². The molecule has 0 radical (unpaired) electrons. The molecule has 1 atom stereocenters. The third-order valence-corrected chi connectivity index (χ3v) is 5.37. The normalized spacial score (nSPS) is 15.2. The van der Waals surface area contributed by atoms with Crippen molar-refractivity contribution in [3.63, 3.8) is 0 Å². The van der Waals surface area contributed by atoms with Crippen molar-refractivity contribution in [2.45, 2.75) is 18.9 Å². The first-order chi connectivity index (χ1) is 15.1. The number of ether oxygens (including phenoxy) is 2. The maximum atomic E-state index is 13.1. The third-order valence-electron chi connectivity index (χ3n) is 5.37. The Hall–Kier alpha value is -3.23. The number of pyridine rings is 1. The zero-order valence-corrected chi connectivity index (χ0v) is 17.2. The van der Waals surface area contributed by atoms with Crippen molar-refractivity contribution in [3.05, 3.63) is 69.9 Å². The summed E-state index contributed by atoms with van der Waals surface area (Å²) < 4.78 is 16.3. The summed E-state index contributed by atoms with van der Waals surface area (Å²) in [5.41, 5.74) is 0.984. The van der Waals surface area contributed by atoms with Crippen LogP contribution in [0.2, 0.25) is 0 Å². The minimum atomic E-state index is -0.649. The third kappa shape index (κ3) is 4.60. The lowest BCUT2D eigenvalue weighted by Gasteiger charge is -2.28. The summed E-state index contributed by atoms with van der Waals surface area (Å²) in [6, 6.07) is 10.6. The van der Waals surface area contributed by atoms with E-state index >= 15 is 0 Å². The SMILES string of the molecule is COCc1cc(=O)c(O)c([C@@H](CC(=O)N2CCOCC2)c2ccc3ncccc3c2)o1. The number of carbonyl (C=O) groups excluding carboxylic acids is 1. The molecule has 1 aromatic carbocycles. The number of carbonyl (C=O) groups is 1. The summed E-state index contributed by atoms with van der Waals surface area (Å²) >= 11 is 0.